The van der Waals surface area contributed by atoms with Gasteiger partial charge in [-0.1, -0.05) is 0 Å². The Labute approximate surface area is 77.1 Å². The molecule has 9 heavy (non-hydrogen) atoms. The second-order valence-corrected chi connectivity index (χ2v) is 8.29. The summed E-state index contributed by atoms with van der Waals surface area (Å²) in [5.41, 5.74) is 0. The van der Waals surface area contributed by atoms with Crippen LogP contribution in [0.1, 0.15) is 0 Å². The van der Waals surface area contributed by atoms with Gasteiger partial charge in [-0.2, -0.15) is 0 Å². The number of rotatable bonds is 1. The maximum absolute atomic E-state index is 5.84. The minimum atomic E-state index is -0.690. The van der Waals surface area contributed by atoms with Crippen molar-refractivity contribution in [2.75, 3.05) is 0 Å². The van der Waals surface area contributed by atoms with Gasteiger partial charge in [0.15, 0.2) is 0 Å². The zero-order chi connectivity index (χ0) is 6.69. The standard InChI is InChI=1S/C6H4Cl.BrH.Pb/c7-6-4-2-1-3-5-6;;/h1-4H;1H;/q;;+1/p-1. The molecule has 0 aliphatic rings. The summed E-state index contributed by atoms with van der Waals surface area (Å²) in [6.45, 7) is 0. The van der Waals surface area contributed by atoms with Crippen molar-refractivity contribution in [1.29, 1.82) is 0 Å². The number of halogens is 2. The summed E-state index contributed by atoms with van der Waals surface area (Å²) < 4.78 is 1.33. The molecule has 2 radical (unpaired) electrons. The van der Waals surface area contributed by atoms with Crippen LogP contribution in [0, 0.1) is 0 Å². The first kappa shape index (κ1) is 8.01. The molecule has 0 aliphatic heterocycles. The topological polar surface area (TPSA) is 0 Å². The summed E-state index contributed by atoms with van der Waals surface area (Å²) in [5.74, 6) is 0. The van der Waals surface area contributed by atoms with Crippen molar-refractivity contribution in [1.82, 2.24) is 0 Å². The van der Waals surface area contributed by atoms with E-state index in [0.29, 0.717) is 0 Å². The van der Waals surface area contributed by atoms with Crippen LogP contribution in [0.25, 0.3) is 0 Å². The Morgan fingerprint density at radius 1 is 1.33 bits per heavy atom. The molecule has 0 spiro atoms. The molecule has 3 heteroatoms. The van der Waals surface area contributed by atoms with Gasteiger partial charge in [0, 0.05) is 0 Å². The molecule has 0 N–H and O–H groups in total. The van der Waals surface area contributed by atoms with E-state index in [9.17, 15) is 0 Å². The predicted molar refractivity (Wildman–Crippen MR) is 45.8 cm³/mol. The summed E-state index contributed by atoms with van der Waals surface area (Å²) in [7, 11) is 0. The van der Waals surface area contributed by atoms with Crippen LogP contribution in [-0.4, -0.2) is 21.8 Å². The summed E-state index contributed by atoms with van der Waals surface area (Å²) in [5, 5.41) is 0.915. The van der Waals surface area contributed by atoms with Gasteiger partial charge in [-0.15, -0.1) is 0 Å². The van der Waals surface area contributed by atoms with E-state index in [1.807, 2.05) is 18.2 Å². The van der Waals surface area contributed by atoms with Crippen LogP contribution in [0.4, 0.5) is 0 Å². The molecule has 1 aromatic carbocycles. The van der Waals surface area contributed by atoms with E-state index in [4.69, 9.17) is 11.6 Å². The number of hydrogen-bond acceptors (Lipinski definition) is 0. The van der Waals surface area contributed by atoms with Crippen molar-refractivity contribution < 1.29 is 0 Å². The molecule has 0 atom stereocenters. The van der Waals surface area contributed by atoms with Crippen molar-refractivity contribution in [3.05, 3.63) is 29.3 Å². The van der Waals surface area contributed by atoms with Gasteiger partial charge in [0.05, 0.1) is 0 Å². The van der Waals surface area contributed by atoms with Crippen LogP contribution >= 0.6 is 23.6 Å². The predicted octanol–water partition coefficient (Wildman–Crippen LogP) is 1.98. The van der Waals surface area contributed by atoms with E-state index in [1.54, 1.807) is 0 Å². The van der Waals surface area contributed by atoms with E-state index >= 15 is 0 Å². The van der Waals surface area contributed by atoms with Crippen molar-refractivity contribution in [3.8, 4) is 0 Å². The van der Waals surface area contributed by atoms with Gasteiger partial charge in [-0.05, 0) is 0 Å². The van der Waals surface area contributed by atoms with Gasteiger partial charge < -0.3 is 0 Å². The van der Waals surface area contributed by atoms with E-state index in [-0.39, 0.29) is 0 Å². The van der Waals surface area contributed by atoms with Gasteiger partial charge in [-0.25, -0.2) is 0 Å². The zero-order valence-corrected chi connectivity index (χ0v) is 10.8. The molecule has 1 rings (SSSR count). The third-order valence-corrected chi connectivity index (χ3v) is 8.16. The van der Waals surface area contributed by atoms with Crippen LogP contribution in [-0.2, 0) is 0 Å². The van der Waals surface area contributed by atoms with Crippen molar-refractivity contribution >= 4 is 48.5 Å². The Bertz CT molecular complexity index is 202. The van der Waals surface area contributed by atoms with Crippen molar-refractivity contribution in [2.24, 2.45) is 0 Å². The third kappa shape index (κ3) is 2.20. The molecule has 46 valence electrons. The normalized spacial score (nSPS) is 9.56. The van der Waals surface area contributed by atoms with Crippen LogP contribution in [0.3, 0.4) is 0 Å². The minimum absolute atomic E-state index is 0.690. The summed E-state index contributed by atoms with van der Waals surface area (Å²) in [6.07, 6.45) is 0. The van der Waals surface area contributed by atoms with Gasteiger partial charge in [0.25, 0.3) is 0 Å². The molecular formula is C6H4BrClPb. The molecule has 0 bridgehead atoms. The zero-order valence-electron chi connectivity index (χ0n) is 4.57. The molecule has 0 saturated heterocycles. The van der Waals surface area contributed by atoms with Gasteiger partial charge in [0.2, 0.25) is 0 Å². The van der Waals surface area contributed by atoms with Crippen LogP contribution in [0.2, 0.25) is 5.02 Å². The second-order valence-electron chi connectivity index (χ2n) is 1.57. The average Bonchev–Trinajstić information content (AvgIpc) is 1.89. The van der Waals surface area contributed by atoms with Crippen LogP contribution in [0.15, 0.2) is 24.3 Å². The summed E-state index contributed by atoms with van der Waals surface area (Å²) >= 11 is 8.67. The Morgan fingerprint density at radius 3 is 2.44 bits per heavy atom. The van der Waals surface area contributed by atoms with E-state index in [2.05, 4.69) is 18.1 Å². The van der Waals surface area contributed by atoms with Crippen LogP contribution in [0.5, 0.6) is 0 Å². The fourth-order valence-electron chi connectivity index (χ4n) is 0.538. The fraction of sp³-hybridized carbons (Fsp3) is 0. The second kappa shape index (κ2) is 3.93. The Morgan fingerprint density at radius 2 is 2.00 bits per heavy atom. The molecule has 0 fully saturated rings. The fourth-order valence-corrected chi connectivity index (χ4v) is 6.42. The molecule has 0 amide bonds. The molecule has 1 aromatic rings. The van der Waals surface area contributed by atoms with Gasteiger partial charge >= 0.3 is 77.8 Å². The number of hydrogen-bond donors (Lipinski definition) is 0. The molecular weight excluding hydrogens is 395 g/mol. The molecule has 0 aliphatic carbocycles. The molecule has 0 nitrogen and oxygen atoms in total. The first-order chi connectivity index (χ1) is 4.34. The van der Waals surface area contributed by atoms with Gasteiger partial charge in [-0.3, -0.25) is 0 Å². The van der Waals surface area contributed by atoms with Crippen molar-refractivity contribution in [3.63, 3.8) is 0 Å². The van der Waals surface area contributed by atoms with E-state index in [1.165, 1.54) is 3.12 Å². The Balaban J connectivity index is 3.01. The Hall–Kier alpha value is 0.912. The first-order valence-electron chi connectivity index (χ1n) is 2.46. The molecule has 0 heterocycles. The monoisotopic (exact) mass is 398 g/mol. The SMILES string of the molecule is Clc1cccc[c]1[Pb][Br]. The molecule has 0 unspecified atom stereocenters. The first-order valence-corrected chi connectivity index (χ1v) is 13.2. The average molecular weight is 399 g/mol. The summed E-state index contributed by atoms with van der Waals surface area (Å²) in [6, 6.07) is 8.00. The maximum atomic E-state index is 5.84. The quantitative estimate of drug-likeness (QED) is 0.635. The van der Waals surface area contributed by atoms with Crippen LogP contribution < -0.4 is 3.12 Å². The third-order valence-electron chi connectivity index (χ3n) is 0.976. The summed E-state index contributed by atoms with van der Waals surface area (Å²) in [4.78, 5) is 0. The van der Waals surface area contributed by atoms with Gasteiger partial charge in [0.1, 0.15) is 0 Å². The van der Waals surface area contributed by atoms with E-state index in [0.717, 1.165) is 5.02 Å². The molecule has 0 aromatic heterocycles. The van der Waals surface area contributed by atoms with Crippen molar-refractivity contribution in [2.45, 2.75) is 0 Å². The Kier molecular flexibility index (Phi) is 3.50. The molecule has 0 saturated carbocycles. The van der Waals surface area contributed by atoms with E-state index < -0.39 is 21.8 Å². The number of benzene rings is 1.